The van der Waals surface area contributed by atoms with E-state index in [0.29, 0.717) is 45.2 Å². The molecular formula is C19H30N6O4. The summed E-state index contributed by atoms with van der Waals surface area (Å²) in [4.78, 5) is 42.8. The SMILES string of the molecule is CN1C=C2C(=O)N(N3CCN(C(=O)[C@H](NC(=O)O)C4CCCCC4)CC3)CN2C1. The maximum atomic E-state index is 13.1. The number of hydrogen-bond acceptors (Lipinski definition) is 6. The van der Waals surface area contributed by atoms with Crippen molar-refractivity contribution in [2.45, 2.75) is 38.1 Å². The van der Waals surface area contributed by atoms with Gasteiger partial charge in [0.15, 0.2) is 0 Å². The number of nitrogens with one attached hydrogen (secondary N) is 1. The minimum atomic E-state index is -1.14. The quantitative estimate of drug-likeness (QED) is 0.683. The fraction of sp³-hybridized carbons (Fsp3) is 0.737. The maximum Gasteiger partial charge on any atom is 0.405 e. The lowest BCUT2D eigenvalue weighted by Crippen LogP contribution is -2.60. The van der Waals surface area contributed by atoms with E-state index in [-0.39, 0.29) is 17.7 Å². The van der Waals surface area contributed by atoms with Crippen molar-refractivity contribution < 1.29 is 19.5 Å². The van der Waals surface area contributed by atoms with E-state index in [1.165, 1.54) is 0 Å². The summed E-state index contributed by atoms with van der Waals surface area (Å²) in [6.07, 6.45) is 5.74. The normalized spacial score (nSPS) is 24.6. The van der Waals surface area contributed by atoms with Crippen LogP contribution < -0.4 is 5.32 Å². The molecule has 3 amide bonds. The molecule has 10 heteroatoms. The van der Waals surface area contributed by atoms with Crippen molar-refractivity contribution in [2.24, 2.45) is 5.92 Å². The number of carbonyl (C=O) groups excluding carboxylic acids is 2. The highest BCUT2D eigenvalue weighted by atomic mass is 16.4. The van der Waals surface area contributed by atoms with Gasteiger partial charge in [0.25, 0.3) is 5.91 Å². The van der Waals surface area contributed by atoms with Crippen LogP contribution in [0.2, 0.25) is 0 Å². The van der Waals surface area contributed by atoms with E-state index in [2.05, 4.69) is 5.32 Å². The van der Waals surface area contributed by atoms with E-state index in [0.717, 1.165) is 32.1 Å². The molecule has 0 bridgehead atoms. The van der Waals surface area contributed by atoms with Crippen LogP contribution in [0.15, 0.2) is 11.9 Å². The zero-order valence-corrected chi connectivity index (χ0v) is 16.9. The number of hydrazine groups is 1. The Morgan fingerprint density at radius 1 is 1.10 bits per heavy atom. The van der Waals surface area contributed by atoms with Gasteiger partial charge in [0.1, 0.15) is 18.4 Å². The first-order valence-corrected chi connectivity index (χ1v) is 10.5. The molecule has 29 heavy (non-hydrogen) atoms. The molecule has 160 valence electrons. The standard InChI is InChI=1S/C19H30N6O4/c1-21-11-15-17(26)25(13-23(15)12-21)24-9-7-22(8-10-24)18(27)16(20-19(28)29)14-5-3-2-4-6-14/h11,14,16,20H,2-10,12-13H2,1H3,(H,28,29)/t16-/m1/s1. The number of hydrogen-bond donors (Lipinski definition) is 2. The highest BCUT2D eigenvalue weighted by molar-refractivity contribution is 5.94. The number of amides is 3. The topological polar surface area (TPSA) is 99.7 Å². The molecule has 10 nitrogen and oxygen atoms in total. The molecular weight excluding hydrogens is 376 g/mol. The lowest BCUT2D eigenvalue weighted by Gasteiger charge is -2.41. The van der Waals surface area contributed by atoms with Gasteiger partial charge in [-0.05, 0) is 18.8 Å². The number of nitrogens with zero attached hydrogens (tertiary/aromatic N) is 5. The van der Waals surface area contributed by atoms with Crippen molar-refractivity contribution in [3.63, 3.8) is 0 Å². The van der Waals surface area contributed by atoms with Gasteiger partial charge in [0, 0.05) is 39.4 Å². The first-order valence-electron chi connectivity index (χ1n) is 10.5. The second-order valence-electron chi connectivity index (χ2n) is 8.40. The molecule has 2 N–H and O–H groups in total. The molecule has 0 aromatic rings. The molecule has 0 radical (unpaired) electrons. The first-order chi connectivity index (χ1) is 13.9. The molecule has 3 fully saturated rings. The van der Waals surface area contributed by atoms with Crippen molar-refractivity contribution in [3.8, 4) is 0 Å². The maximum absolute atomic E-state index is 13.1. The van der Waals surface area contributed by atoms with Crippen molar-refractivity contribution in [2.75, 3.05) is 46.6 Å². The van der Waals surface area contributed by atoms with Crippen molar-refractivity contribution in [1.82, 2.24) is 30.0 Å². The lowest BCUT2D eigenvalue weighted by atomic mass is 9.83. The van der Waals surface area contributed by atoms with Crippen LogP contribution in [0.25, 0.3) is 0 Å². The molecule has 4 aliphatic rings. The van der Waals surface area contributed by atoms with Crippen molar-refractivity contribution in [3.05, 3.63) is 11.9 Å². The first kappa shape index (κ1) is 19.8. The zero-order valence-electron chi connectivity index (χ0n) is 16.9. The van der Waals surface area contributed by atoms with Crippen molar-refractivity contribution in [1.29, 1.82) is 0 Å². The second kappa shape index (κ2) is 8.10. The third kappa shape index (κ3) is 3.98. The number of fused-ring (bicyclic) bond motifs is 1. The monoisotopic (exact) mass is 406 g/mol. The fourth-order valence-electron chi connectivity index (χ4n) is 4.90. The Balaban J connectivity index is 1.35. The second-order valence-corrected chi connectivity index (χ2v) is 8.40. The van der Waals surface area contributed by atoms with Gasteiger partial charge in [-0.1, -0.05) is 19.3 Å². The minimum absolute atomic E-state index is 0.00162. The van der Waals surface area contributed by atoms with Crippen molar-refractivity contribution >= 4 is 17.9 Å². The Bertz CT molecular complexity index is 699. The Labute approximate surface area is 170 Å². The number of rotatable bonds is 4. The van der Waals surface area contributed by atoms with Crippen LogP contribution in [-0.4, -0.2) is 100 Å². The molecule has 1 aliphatic carbocycles. The predicted molar refractivity (Wildman–Crippen MR) is 104 cm³/mol. The average molecular weight is 406 g/mol. The van der Waals surface area contributed by atoms with E-state index in [9.17, 15) is 19.5 Å². The van der Waals surface area contributed by atoms with Crippen LogP contribution in [0.3, 0.4) is 0 Å². The average Bonchev–Trinajstić information content (AvgIpc) is 3.23. The van der Waals surface area contributed by atoms with Gasteiger partial charge in [-0.3, -0.25) is 9.59 Å². The summed E-state index contributed by atoms with van der Waals surface area (Å²) in [6.45, 7) is 3.37. The molecule has 1 atom stereocenters. The molecule has 3 heterocycles. The van der Waals surface area contributed by atoms with Gasteiger partial charge >= 0.3 is 6.09 Å². The van der Waals surface area contributed by atoms with E-state index >= 15 is 0 Å². The zero-order chi connectivity index (χ0) is 20.5. The summed E-state index contributed by atoms with van der Waals surface area (Å²) in [6, 6.07) is -0.668. The Morgan fingerprint density at radius 3 is 2.41 bits per heavy atom. The Kier molecular flexibility index (Phi) is 5.53. The summed E-state index contributed by atoms with van der Waals surface area (Å²) < 4.78 is 0. The largest absolute Gasteiger partial charge is 0.465 e. The summed E-state index contributed by atoms with van der Waals surface area (Å²) in [7, 11) is 1.95. The highest BCUT2D eigenvalue weighted by Gasteiger charge is 2.41. The summed E-state index contributed by atoms with van der Waals surface area (Å²) in [5.74, 6) is -0.0555. The third-order valence-corrected chi connectivity index (χ3v) is 6.41. The van der Waals surface area contributed by atoms with E-state index in [4.69, 9.17) is 0 Å². The molecule has 0 spiro atoms. The molecule has 0 aromatic heterocycles. The van der Waals surface area contributed by atoms with Crippen LogP contribution in [0, 0.1) is 5.92 Å². The molecule has 0 unspecified atom stereocenters. The molecule has 3 aliphatic heterocycles. The summed E-state index contributed by atoms with van der Waals surface area (Å²) >= 11 is 0. The Morgan fingerprint density at radius 2 is 1.79 bits per heavy atom. The minimum Gasteiger partial charge on any atom is -0.465 e. The smallest absolute Gasteiger partial charge is 0.405 e. The van der Waals surface area contributed by atoms with Crippen LogP contribution in [-0.2, 0) is 9.59 Å². The van der Waals surface area contributed by atoms with Gasteiger partial charge in [-0.2, -0.15) is 0 Å². The van der Waals surface area contributed by atoms with Gasteiger partial charge in [0.2, 0.25) is 5.91 Å². The molecule has 2 saturated heterocycles. The number of carbonyl (C=O) groups is 3. The fourth-order valence-corrected chi connectivity index (χ4v) is 4.90. The van der Waals surface area contributed by atoms with E-state index in [1.807, 2.05) is 28.1 Å². The van der Waals surface area contributed by atoms with E-state index < -0.39 is 12.1 Å². The van der Waals surface area contributed by atoms with Gasteiger partial charge in [-0.15, -0.1) is 0 Å². The van der Waals surface area contributed by atoms with Gasteiger partial charge in [-0.25, -0.2) is 14.8 Å². The molecule has 1 saturated carbocycles. The van der Waals surface area contributed by atoms with Crippen LogP contribution in [0.1, 0.15) is 32.1 Å². The van der Waals surface area contributed by atoms with Crippen LogP contribution >= 0.6 is 0 Å². The summed E-state index contributed by atoms with van der Waals surface area (Å²) in [5.41, 5.74) is 0.717. The van der Waals surface area contributed by atoms with Gasteiger partial charge in [0.05, 0.1) is 6.67 Å². The van der Waals surface area contributed by atoms with Gasteiger partial charge < -0.3 is 25.1 Å². The highest BCUT2D eigenvalue weighted by Crippen LogP contribution is 2.29. The number of carboxylic acid groups (broad SMARTS) is 1. The third-order valence-electron chi connectivity index (χ3n) is 6.41. The van der Waals surface area contributed by atoms with Crippen LogP contribution in [0.5, 0.6) is 0 Å². The number of piperazine rings is 1. The summed E-state index contributed by atoms with van der Waals surface area (Å²) in [5, 5.41) is 15.5. The Hall–Kier alpha value is -2.49. The molecule has 4 rings (SSSR count). The lowest BCUT2D eigenvalue weighted by molar-refractivity contribution is -0.149. The van der Waals surface area contributed by atoms with Crippen LogP contribution in [0.4, 0.5) is 4.79 Å². The van der Waals surface area contributed by atoms with E-state index in [1.54, 1.807) is 9.91 Å². The predicted octanol–water partition coefficient (Wildman–Crippen LogP) is 0.108. The molecule has 0 aromatic carbocycles.